The zero-order chi connectivity index (χ0) is 19.9. The molecule has 0 fully saturated rings. The number of benzene rings is 3. The number of methoxy groups -OCH3 is 1. The van der Waals surface area contributed by atoms with Gasteiger partial charge in [-0.3, -0.25) is 10.1 Å². The minimum Gasteiger partial charge on any atom is -0.497 e. The van der Waals surface area contributed by atoms with Crippen LogP contribution in [-0.4, -0.2) is 13.0 Å². The first kappa shape index (κ1) is 19.9. The van der Waals surface area contributed by atoms with Gasteiger partial charge in [0.05, 0.1) is 7.11 Å². The van der Waals surface area contributed by atoms with E-state index in [2.05, 4.69) is 10.6 Å². The highest BCUT2D eigenvalue weighted by Gasteiger charge is 2.23. The van der Waals surface area contributed by atoms with Crippen LogP contribution in [0.15, 0.2) is 78.9 Å². The maximum Gasteiger partial charge on any atom is 0.246 e. The van der Waals surface area contributed by atoms with Crippen LogP contribution in [0.1, 0.15) is 30.1 Å². The summed E-state index contributed by atoms with van der Waals surface area (Å²) in [5, 5.41) is 7.07. The van der Waals surface area contributed by atoms with Crippen LogP contribution in [0.25, 0.3) is 0 Å². The first-order valence-electron chi connectivity index (χ1n) is 9.08. The summed E-state index contributed by atoms with van der Waals surface area (Å²) in [5.41, 5.74) is 2.59. The molecule has 0 aliphatic carbocycles. The Morgan fingerprint density at radius 1 is 0.929 bits per heavy atom. The first-order valence-corrected chi connectivity index (χ1v) is 9.46. The summed E-state index contributed by atoms with van der Waals surface area (Å²) in [6.07, 6.45) is 0. The lowest BCUT2D eigenvalue weighted by Crippen LogP contribution is -2.34. The molecule has 2 N–H and O–H groups in total. The minimum absolute atomic E-state index is 0.0695. The molecule has 28 heavy (non-hydrogen) atoms. The highest BCUT2D eigenvalue weighted by atomic mass is 35.5. The Bertz CT molecular complexity index is 931. The van der Waals surface area contributed by atoms with Crippen molar-refractivity contribution in [2.75, 3.05) is 12.4 Å². The smallest absolute Gasteiger partial charge is 0.246 e. The van der Waals surface area contributed by atoms with Gasteiger partial charge in [0, 0.05) is 22.8 Å². The van der Waals surface area contributed by atoms with Gasteiger partial charge in [0.15, 0.2) is 0 Å². The molecular formula is C23H23ClN2O2. The summed E-state index contributed by atoms with van der Waals surface area (Å²) in [7, 11) is 1.60. The number of rotatable bonds is 7. The van der Waals surface area contributed by atoms with Gasteiger partial charge in [-0.15, -0.1) is 0 Å². The van der Waals surface area contributed by atoms with Crippen LogP contribution in [0, 0.1) is 0 Å². The highest BCUT2D eigenvalue weighted by Crippen LogP contribution is 2.24. The van der Waals surface area contributed by atoms with E-state index in [1.165, 1.54) is 0 Å². The monoisotopic (exact) mass is 394 g/mol. The van der Waals surface area contributed by atoms with Crippen molar-refractivity contribution >= 4 is 23.2 Å². The molecule has 1 amide bonds. The van der Waals surface area contributed by atoms with Crippen LogP contribution in [0.3, 0.4) is 0 Å². The van der Waals surface area contributed by atoms with Gasteiger partial charge in [-0.05, 0) is 42.3 Å². The zero-order valence-electron chi connectivity index (χ0n) is 15.9. The third-order valence-electron chi connectivity index (χ3n) is 4.50. The molecule has 144 valence electrons. The number of ether oxygens (including phenoxy) is 1. The van der Waals surface area contributed by atoms with Gasteiger partial charge >= 0.3 is 0 Å². The minimum atomic E-state index is -0.526. The molecule has 0 saturated carbocycles. The Morgan fingerprint density at radius 2 is 1.64 bits per heavy atom. The fourth-order valence-electron chi connectivity index (χ4n) is 3.01. The van der Waals surface area contributed by atoms with E-state index in [1.54, 1.807) is 13.2 Å². The second-order valence-electron chi connectivity index (χ2n) is 6.51. The van der Waals surface area contributed by atoms with Crippen molar-refractivity contribution in [1.82, 2.24) is 5.32 Å². The van der Waals surface area contributed by atoms with E-state index in [-0.39, 0.29) is 11.9 Å². The van der Waals surface area contributed by atoms with Crippen molar-refractivity contribution in [1.29, 1.82) is 0 Å². The Balaban J connectivity index is 1.83. The zero-order valence-corrected chi connectivity index (χ0v) is 16.6. The molecule has 0 aromatic heterocycles. The van der Waals surface area contributed by atoms with Gasteiger partial charge < -0.3 is 10.1 Å². The lowest BCUT2D eigenvalue weighted by atomic mass is 10.0. The summed E-state index contributed by atoms with van der Waals surface area (Å²) in [6.45, 7) is 2.01. The molecule has 0 spiro atoms. The molecule has 0 heterocycles. The van der Waals surface area contributed by atoms with E-state index in [9.17, 15) is 4.79 Å². The van der Waals surface area contributed by atoms with Gasteiger partial charge in [0.25, 0.3) is 0 Å². The van der Waals surface area contributed by atoms with Crippen molar-refractivity contribution in [2.45, 2.75) is 19.0 Å². The summed E-state index contributed by atoms with van der Waals surface area (Å²) < 4.78 is 5.24. The van der Waals surface area contributed by atoms with E-state index < -0.39 is 6.04 Å². The Labute approximate surface area is 170 Å². The molecule has 0 radical (unpaired) electrons. The van der Waals surface area contributed by atoms with Crippen LogP contribution in [0.5, 0.6) is 5.75 Å². The van der Waals surface area contributed by atoms with Crippen LogP contribution in [0.4, 0.5) is 5.69 Å². The van der Waals surface area contributed by atoms with Crippen LogP contribution in [-0.2, 0) is 4.79 Å². The van der Waals surface area contributed by atoms with Crippen molar-refractivity contribution in [3.8, 4) is 5.75 Å². The largest absolute Gasteiger partial charge is 0.497 e. The summed E-state index contributed by atoms with van der Waals surface area (Å²) >= 11 is 6.12. The van der Waals surface area contributed by atoms with Gasteiger partial charge in [0.2, 0.25) is 5.91 Å². The standard InChI is InChI=1S/C23H23ClN2O2/c1-16(18-10-6-11-19(24)14-18)25-22(17-8-4-3-5-9-17)23(27)26-20-12-7-13-21(15-20)28-2/h3-16,22,25H,1-2H3,(H,26,27)/t16-,22-/m0/s1. The van der Waals surface area contributed by atoms with E-state index >= 15 is 0 Å². The number of halogens is 1. The van der Waals surface area contributed by atoms with Crippen LogP contribution < -0.4 is 15.4 Å². The molecule has 4 nitrogen and oxygen atoms in total. The number of amides is 1. The topological polar surface area (TPSA) is 50.4 Å². The molecule has 0 aliphatic rings. The summed E-state index contributed by atoms with van der Waals surface area (Å²) in [4.78, 5) is 13.1. The maximum atomic E-state index is 13.1. The van der Waals surface area contributed by atoms with E-state index in [0.29, 0.717) is 16.5 Å². The maximum absolute atomic E-state index is 13.1. The molecule has 0 unspecified atom stereocenters. The SMILES string of the molecule is COc1cccc(NC(=O)[C@@H](N[C@@H](C)c2cccc(Cl)c2)c2ccccc2)c1. The van der Waals surface area contributed by atoms with Crippen molar-refractivity contribution in [3.05, 3.63) is 95.0 Å². The predicted octanol–water partition coefficient (Wildman–Crippen LogP) is 5.38. The molecule has 2 atom stereocenters. The number of anilines is 1. The number of nitrogens with one attached hydrogen (secondary N) is 2. The van der Waals surface area contributed by atoms with Gasteiger partial charge in [0.1, 0.15) is 11.8 Å². The van der Waals surface area contributed by atoms with E-state index in [1.807, 2.05) is 79.7 Å². The molecule has 3 rings (SSSR count). The third kappa shape index (κ3) is 5.12. The lowest BCUT2D eigenvalue weighted by molar-refractivity contribution is -0.118. The Hall–Kier alpha value is -2.82. The summed E-state index contributed by atoms with van der Waals surface area (Å²) in [5.74, 6) is 0.544. The number of hydrogen-bond acceptors (Lipinski definition) is 3. The van der Waals surface area contributed by atoms with Crippen molar-refractivity contribution < 1.29 is 9.53 Å². The molecule has 3 aromatic rings. The second kappa shape index (κ2) is 9.40. The summed E-state index contributed by atoms with van der Waals surface area (Å²) in [6, 6.07) is 24.0. The predicted molar refractivity (Wildman–Crippen MR) is 114 cm³/mol. The Morgan fingerprint density at radius 3 is 2.36 bits per heavy atom. The average Bonchev–Trinajstić information content (AvgIpc) is 2.72. The second-order valence-corrected chi connectivity index (χ2v) is 6.94. The van der Waals surface area contributed by atoms with Gasteiger partial charge in [-0.2, -0.15) is 0 Å². The number of hydrogen-bond donors (Lipinski definition) is 2. The van der Waals surface area contributed by atoms with Gasteiger partial charge in [-0.1, -0.05) is 60.1 Å². The lowest BCUT2D eigenvalue weighted by Gasteiger charge is -2.24. The van der Waals surface area contributed by atoms with Crippen molar-refractivity contribution in [2.24, 2.45) is 0 Å². The number of carbonyl (C=O) groups is 1. The fourth-order valence-corrected chi connectivity index (χ4v) is 3.20. The fraction of sp³-hybridized carbons (Fsp3) is 0.174. The van der Waals surface area contributed by atoms with Gasteiger partial charge in [-0.25, -0.2) is 0 Å². The molecular weight excluding hydrogens is 372 g/mol. The molecule has 0 aliphatic heterocycles. The average molecular weight is 395 g/mol. The van der Waals surface area contributed by atoms with Crippen LogP contribution in [0.2, 0.25) is 5.02 Å². The molecule has 0 bridgehead atoms. The van der Waals surface area contributed by atoms with Crippen molar-refractivity contribution in [3.63, 3.8) is 0 Å². The molecule has 0 saturated heterocycles. The normalized spacial score (nSPS) is 12.8. The molecule has 3 aromatic carbocycles. The van der Waals surface area contributed by atoms with E-state index in [0.717, 1.165) is 11.1 Å². The van der Waals surface area contributed by atoms with Crippen LogP contribution >= 0.6 is 11.6 Å². The Kier molecular flexibility index (Phi) is 6.69. The third-order valence-corrected chi connectivity index (χ3v) is 4.73. The number of carbonyl (C=O) groups excluding carboxylic acids is 1. The van der Waals surface area contributed by atoms with E-state index in [4.69, 9.17) is 16.3 Å². The highest BCUT2D eigenvalue weighted by molar-refractivity contribution is 6.30. The quantitative estimate of drug-likeness (QED) is 0.565. The first-order chi connectivity index (χ1) is 13.6. The molecule has 5 heteroatoms.